The fourth-order valence-corrected chi connectivity index (χ4v) is 4.34. The van der Waals surface area contributed by atoms with Crippen molar-refractivity contribution < 1.29 is 4.52 Å². The van der Waals surface area contributed by atoms with Crippen LogP contribution < -0.4 is 5.32 Å². The number of piperidine rings is 1. The van der Waals surface area contributed by atoms with Crippen molar-refractivity contribution >= 4 is 28.5 Å². The van der Waals surface area contributed by atoms with Gasteiger partial charge in [0.05, 0.1) is 0 Å². The standard InChI is InChI=1S/C21H26ClN5O/c1-14-10-15(2)12-27(11-14)9-3-8-23-20-18-19(16-4-6-17(22)7-5-16)26-28-21(18)25-13-24-20/h4-7,13-15H,3,8-12H2,1-2H3,(H,23,24,25)/t14-,15+. The molecule has 7 heteroatoms. The van der Waals surface area contributed by atoms with Crippen LogP contribution in [0.5, 0.6) is 0 Å². The summed E-state index contributed by atoms with van der Waals surface area (Å²) in [4.78, 5) is 11.2. The molecule has 0 bridgehead atoms. The molecule has 2 atom stereocenters. The van der Waals surface area contributed by atoms with Gasteiger partial charge in [-0.15, -0.1) is 0 Å². The fourth-order valence-electron chi connectivity index (χ4n) is 4.21. The summed E-state index contributed by atoms with van der Waals surface area (Å²) >= 11 is 6.00. The minimum absolute atomic E-state index is 0.487. The Labute approximate surface area is 170 Å². The molecule has 3 aromatic rings. The highest BCUT2D eigenvalue weighted by atomic mass is 35.5. The Bertz CT molecular complexity index is 916. The number of rotatable bonds is 6. The van der Waals surface area contributed by atoms with E-state index in [-0.39, 0.29) is 0 Å². The molecule has 0 saturated carbocycles. The van der Waals surface area contributed by atoms with Crippen molar-refractivity contribution in [3.63, 3.8) is 0 Å². The Morgan fingerprint density at radius 2 is 1.89 bits per heavy atom. The lowest BCUT2D eigenvalue weighted by Gasteiger charge is -2.34. The van der Waals surface area contributed by atoms with Crippen LogP contribution in [-0.4, -0.2) is 46.2 Å². The predicted molar refractivity (Wildman–Crippen MR) is 113 cm³/mol. The fraction of sp³-hybridized carbons (Fsp3) is 0.476. The summed E-state index contributed by atoms with van der Waals surface area (Å²) in [7, 11) is 0. The van der Waals surface area contributed by atoms with Gasteiger partial charge in [0.2, 0.25) is 0 Å². The average molecular weight is 400 g/mol. The Hall–Kier alpha value is -2.18. The summed E-state index contributed by atoms with van der Waals surface area (Å²) < 4.78 is 5.42. The van der Waals surface area contributed by atoms with Crippen LogP contribution in [-0.2, 0) is 0 Å². The van der Waals surface area contributed by atoms with Gasteiger partial charge in [0.15, 0.2) is 0 Å². The molecule has 0 aliphatic carbocycles. The van der Waals surface area contributed by atoms with Gasteiger partial charge in [-0.25, -0.2) is 4.98 Å². The first kappa shape index (κ1) is 19.2. The van der Waals surface area contributed by atoms with Crippen molar-refractivity contribution in [2.45, 2.75) is 26.7 Å². The van der Waals surface area contributed by atoms with E-state index in [0.717, 1.165) is 53.8 Å². The SMILES string of the molecule is C[C@@H]1C[C@H](C)CN(CCCNc2ncnc3onc(-c4ccc(Cl)cc4)c23)C1. The van der Waals surface area contributed by atoms with E-state index in [1.54, 1.807) is 0 Å². The maximum absolute atomic E-state index is 6.00. The third-order valence-corrected chi connectivity index (χ3v) is 5.53. The summed E-state index contributed by atoms with van der Waals surface area (Å²) in [5.41, 5.74) is 2.15. The van der Waals surface area contributed by atoms with Gasteiger partial charge in [-0.3, -0.25) is 0 Å². The van der Waals surface area contributed by atoms with Crippen LogP contribution in [0.15, 0.2) is 35.1 Å². The molecule has 1 saturated heterocycles. The van der Waals surface area contributed by atoms with Crippen LogP contribution >= 0.6 is 11.6 Å². The van der Waals surface area contributed by atoms with Crippen LogP contribution in [0, 0.1) is 11.8 Å². The summed E-state index contributed by atoms with van der Waals surface area (Å²) in [6, 6.07) is 7.54. The maximum Gasteiger partial charge on any atom is 0.263 e. The second-order valence-corrected chi connectivity index (χ2v) is 8.36. The van der Waals surface area contributed by atoms with Crippen LogP contribution in [0.25, 0.3) is 22.4 Å². The van der Waals surface area contributed by atoms with Gasteiger partial charge in [0, 0.05) is 30.2 Å². The van der Waals surface area contributed by atoms with Crippen molar-refractivity contribution in [2.24, 2.45) is 11.8 Å². The third kappa shape index (κ3) is 4.28. The van der Waals surface area contributed by atoms with E-state index in [0.29, 0.717) is 10.7 Å². The van der Waals surface area contributed by atoms with Gasteiger partial charge in [0.1, 0.15) is 23.2 Å². The predicted octanol–water partition coefficient (Wildman–Crippen LogP) is 4.72. The smallest absolute Gasteiger partial charge is 0.263 e. The summed E-state index contributed by atoms with van der Waals surface area (Å²) in [5.74, 6) is 2.34. The largest absolute Gasteiger partial charge is 0.369 e. The molecular formula is C21H26ClN5O. The molecule has 6 nitrogen and oxygen atoms in total. The van der Waals surface area contributed by atoms with Crippen LogP contribution in [0.2, 0.25) is 5.02 Å². The van der Waals surface area contributed by atoms with Crippen molar-refractivity contribution in [1.82, 2.24) is 20.0 Å². The normalized spacial score (nSPS) is 20.5. The molecule has 1 aliphatic heterocycles. The lowest BCUT2D eigenvalue weighted by atomic mass is 9.92. The Morgan fingerprint density at radius 3 is 2.64 bits per heavy atom. The number of anilines is 1. The zero-order valence-corrected chi connectivity index (χ0v) is 17.1. The van der Waals surface area contributed by atoms with Gasteiger partial charge in [-0.2, -0.15) is 4.98 Å². The van der Waals surface area contributed by atoms with E-state index in [1.807, 2.05) is 24.3 Å². The summed E-state index contributed by atoms with van der Waals surface area (Å²) in [6.45, 7) is 9.05. The number of nitrogens with zero attached hydrogens (tertiary/aromatic N) is 4. The van der Waals surface area contributed by atoms with E-state index < -0.39 is 0 Å². The Kier molecular flexibility index (Phi) is 5.78. The van der Waals surface area contributed by atoms with E-state index in [1.165, 1.54) is 25.8 Å². The minimum atomic E-state index is 0.487. The second-order valence-electron chi connectivity index (χ2n) is 7.93. The van der Waals surface area contributed by atoms with E-state index >= 15 is 0 Å². The molecule has 0 unspecified atom stereocenters. The number of hydrogen-bond donors (Lipinski definition) is 1. The number of halogens is 1. The molecule has 0 amide bonds. The molecule has 148 valence electrons. The lowest BCUT2D eigenvalue weighted by Crippen LogP contribution is -2.39. The zero-order valence-electron chi connectivity index (χ0n) is 16.4. The molecule has 3 heterocycles. The third-order valence-electron chi connectivity index (χ3n) is 5.28. The molecule has 0 spiro atoms. The Balaban J connectivity index is 1.44. The molecule has 4 rings (SSSR count). The van der Waals surface area contributed by atoms with E-state index in [9.17, 15) is 0 Å². The summed E-state index contributed by atoms with van der Waals surface area (Å²) in [6.07, 6.45) is 3.91. The summed E-state index contributed by atoms with van der Waals surface area (Å²) in [5, 5.41) is 9.16. The van der Waals surface area contributed by atoms with Crippen LogP contribution in [0.1, 0.15) is 26.7 Å². The lowest BCUT2D eigenvalue weighted by molar-refractivity contribution is 0.141. The van der Waals surface area contributed by atoms with Crippen molar-refractivity contribution in [3.05, 3.63) is 35.6 Å². The monoisotopic (exact) mass is 399 g/mol. The number of hydrogen-bond acceptors (Lipinski definition) is 6. The second kappa shape index (κ2) is 8.45. The minimum Gasteiger partial charge on any atom is -0.369 e. The van der Waals surface area contributed by atoms with Crippen molar-refractivity contribution in [1.29, 1.82) is 0 Å². The highest BCUT2D eigenvalue weighted by Gasteiger charge is 2.21. The number of aromatic nitrogens is 3. The zero-order chi connectivity index (χ0) is 19.5. The number of nitrogens with one attached hydrogen (secondary N) is 1. The number of fused-ring (bicyclic) bond motifs is 1. The first-order valence-electron chi connectivity index (χ1n) is 9.92. The van der Waals surface area contributed by atoms with Crippen molar-refractivity contribution in [2.75, 3.05) is 31.5 Å². The van der Waals surface area contributed by atoms with Gasteiger partial charge in [-0.05, 0) is 43.4 Å². The Morgan fingerprint density at radius 1 is 1.14 bits per heavy atom. The van der Waals surface area contributed by atoms with Crippen LogP contribution in [0.4, 0.5) is 5.82 Å². The highest BCUT2D eigenvalue weighted by molar-refractivity contribution is 6.30. The molecular weight excluding hydrogens is 374 g/mol. The first-order valence-corrected chi connectivity index (χ1v) is 10.3. The molecule has 1 fully saturated rings. The van der Waals surface area contributed by atoms with Gasteiger partial charge >= 0.3 is 0 Å². The number of likely N-dealkylation sites (tertiary alicyclic amines) is 1. The van der Waals surface area contributed by atoms with Crippen molar-refractivity contribution in [3.8, 4) is 11.3 Å². The molecule has 0 radical (unpaired) electrons. The van der Waals surface area contributed by atoms with Gasteiger partial charge < -0.3 is 14.7 Å². The molecule has 28 heavy (non-hydrogen) atoms. The molecule has 1 N–H and O–H groups in total. The topological polar surface area (TPSA) is 67.1 Å². The molecule has 2 aromatic heterocycles. The highest BCUT2D eigenvalue weighted by Crippen LogP contribution is 2.31. The van der Waals surface area contributed by atoms with E-state index in [2.05, 4.69) is 39.2 Å². The van der Waals surface area contributed by atoms with Gasteiger partial charge in [0.25, 0.3) is 5.71 Å². The molecule has 1 aromatic carbocycles. The first-order chi connectivity index (χ1) is 13.6. The molecule has 1 aliphatic rings. The quantitative estimate of drug-likeness (QED) is 0.605. The number of benzene rings is 1. The van der Waals surface area contributed by atoms with Gasteiger partial charge in [-0.1, -0.05) is 42.7 Å². The average Bonchev–Trinajstić information content (AvgIpc) is 3.10. The van der Waals surface area contributed by atoms with Crippen LogP contribution in [0.3, 0.4) is 0 Å². The van der Waals surface area contributed by atoms with E-state index in [4.69, 9.17) is 16.1 Å². The maximum atomic E-state index is 6.00.